The number of benzene rings is 4. The van der Waals surface area contributed by atoms with E-state index in [-0.39, 0.29) is 23.5 Å². The summed E-state index contributed by atoms with van der Waals surface area (Å²) in [6, 6.07) is 26.4. The lowest BCUT2D eigenvalue weighted by atomic mass is 10.0. The highest BCUT2D eigenvalue weighted by molar-refractivity contribution is 7.92. The Hall–Kier alpha value is -4.64. The van der Waals surface area contributed by atoms with E-state index in [4.69, 9.17) is 0 Å². The van der Waals surface area contributed by atoms with Crippen LogP contribution in [0, 0.1) is 6.92 Å². The van der Waals surface area contributed by atoms with Crippen molar-refractivity contribution in [2.45, 2.75) is 50.3 Å². The number of anilines is 1. The first kappa shape index (κ1) is 34.2. The van der Waals surface area contributed by atoms with Crippen LogP contribution in [-0.2, 0) is 38.8 Å². The van der Waals surface area contributed by atoms with Crippen LogP contribution in [0.5, 0.6) is 0 Å². The summed E-state index contributed by atoms with van der Waals surface area (Å²) in [7, 11) is -4.52. The molecule has 1 atom stereocenters. The molecule has 242 valence electrons. The van der Waals surface area contributed by atoms with Gasteiger partial charge in [0, 0.05) is 19.5 Å². The number of nitrogens with one attached hydrogen (secondary N) is 1. The normalized spacial score (nSPS) is 12.3. The molecule has 0 bridgehead atoms. The first-order valence-electron chi connectivity index (χ1n) is 14.8. The average Bonchev–Trinajstić information content (AvgIpc) is 3.05. The maximum atomic E-state index is 14.4. The van der Waals surface area contributed by atoms with E-state index in [0.29, 0.717) is 28.9 Å². The van der Waals surface area contributed by atoms with Crippen LogP contribution >= 0.6 is 0 Å². The van der Waals surface area contributed by atoms with Gasteiger partial charge in [-0.25, -0.2) is 8.42 Å². The summed E-state index contributed by atoms with van der Waals surface area (Å²) in [5.74, 6) is -1.19. The third-order valence-corrected chi connectivity index (χ3v) is 9.15. The summed E-state index contributed by atoms with van der Waals surface area (Å²) >= 11 is 0. The number of alkyl halides is 3. The lowest BCUT2D eigenvalue weighted by Gasteiger charge is -2.34. The molecule has 0 aromatic heterocycles. The second kappa shape index (κ2) is 15.1. The molecule has 0 radical (unpaired) electrons. The molecule has 0 unspecified atom stereocenters. The van der Waals surface area contributed by atoms with Crippen LogP contribution in [0.15, 0.2) is 114 Å². The minimum Gasteiger partial charge on any atom is -0.354 e. The molecule has 0 spiro atoms. The number of aryl methyl sites for hydroxylation is 1. The van der Waals surface area contributed by atoms with Gasteiger partial charge in [0.1, 0.15) is 12.6 Å². The Bertz CT molecular complexity index is 1720. The van der Waals surface area contributed by atoms with Gasteiger partial charge in [0.15, 0.2) is 0 Å². The molecule has 4 rings (SSSR count). The summed E-state index contributed by atoms with van der Waals surface area (Å²) in [6.45, 7) is 3.26. The summed E-state index contributed by atoms with van der Waals surface area (Å²) in [4.78, 5) is 29.2. The smallest absolute Gasteiger partial charge is 0.354 e. The predicted molar refractivity (Wildman–Crippen MR) is 171 cm³/mol. The van der Waals surface area contributed by atoms with Crippen molar-refractivity contribution >= 4 is 27.5 Å². The van der Waals surface area contributed by atoms with Crippen molar-refractivity contribution in [2.75, 3.05) is 17.4 Å². The van der Waals surface area contributed by atoms with Crippen molar-refractivity contribution in [3.8, 4) is 0 Å². The fraction of sp³-hybridized carbons (Fsp3) is 0.257. The molecule has 46 heavy (non-hydrogen) atoms. The molecule has 2 amide bonds. The van der Waals surface area contributed by atoms with Crippen LogP contribution in [-0.4, -0.2) is 44.3 Å². The van der Waals surface area contributed by atoms with Gasteiger partial charge in [-0.05, 0) is 54.8 Å². The standard InChI is InChI=1S/C35H36F3N3O4S/c1-3-21-39-34(43)32(22-27-11-6-4-7-12-27)40(24-28-19-17-26(2)18-20-28)33(42)25-41(46(44,45)31-15-8-5-9-16-31)30-14-10-13-29(23-30)35(36,37)38/h4-20,23,32H,3,21-22,24-25H2,1-2H3,(H,39,43)/t32-/m1/s1. The topological polar surface area (TPSA) is 86.8 Å². The van der Waals surface area contributed by atoms with Gasteiger partial charge in [0.25, 0.3) is 10.0 Å². The number of sulfonamides is 1. The van der Waals surface area contributed by atoms with Crippen molar-refractivity contribution in [2.24, 2.45) is 0 Å². The lowest BCUT2D eigenvalue weighted by Crippen LogP contribution is -2.53. The Morgan fingerprint density at radius 2 is 1.46 bits per heavy atom. The molecule has 0 saturated heterocycles. The number of amides is 2. The van der Waals surface area contributed by atoms with Gasteiger partial charge in [-0.15, -0.1) is 0 Å². The zero-order valence-corrected chi connectivity index (χ0v) is 26.4. The highest BCUT2D eigenvalue weighted by atomic mass is 32.2. The Morgan fingerprint density at radius 1 is 0.826 bits per heavy atom. The van der Waals surface area contributed by atoms with Crippen LogP contribution in [0.25, 0.3) is 0 Å². The minimum atomic E-state index is -4.75. The van der Waals surface area contributed by atoms with Crippen LogP contribution in [0.1, 0.15) is 35.6 Å². The van der Waals surface area contributed by atoms with Crippen molar-refractivity contribution in [3.63, 3.8) is 0 Å². The van der Waals surface area contributed by atoms with E-state index in [1.165, 1.54) is 35.2 Å². The molecule has 0 aliphatic heterocycles. The summed E-state index contributed by atoms with van der Waals surface area (Å²) < 4.78 is 69.8. The minimum absolute atomic E-state index is 0.0437. The third-order valence-electron chi connectivity index (χ3n) is 7.37. The van der Waals surface area contributed by atoms with Gasteiger partial charge in [0.2, 0.25) is 11.8 Å². The number of rotatable bonds is 13. The molecule has 1 N–H and O–H groups in total. The largest absolute Gasteiger partial charge is 0.416 e. The average molecular weight is 652 g/mol. The molecule has 0 fully saturated rings. The van der Waals surface area contributed by atoms with Gasteiger partial charge in [-0.3, -0.25) is 13.9 Å². The number of hydrogen-bond donors (Lipinski definition) is 1. The molecule has 4 aromatic carbocycles. The highest BCUT2D eigenvalue weighted by Crippen LogP contribution is 2.33. The monoisotopic (exact) mass is 651 g/mol. The van der Waals surface area contributed by atoms with E-state index in [0.717, 1.165) is 23.3 Å². The van der Waals surface area contributed by atoms with Gasteiger partial charge in [-0.2, -0.15) is 13.2 Å². The molecule has 0 aliphatic rings. The molecule has 0 heterocycles. The number of carbonyl (C=O) groups is 2. The Morgan fingerprint density at radius 3 is 2.07 bits per heavy atom. The number of halogens is 3. The number of hydrogen-bond acceptors (Lipinski definition) is 4. The highest BCUT2D eigenvalue weighted by Gasteiger charge is 2.36. The quantitative estimate of drug-likeness (QED) is 0.182. The molecule has 0 saturated carbocycles. The molecular weight excluding hydrogens is 615 g/mol. The maximum absolute atomic E-state index is 14.4. The van der Waals surface area contributed by atoms with E-state index in [1.54, 1.807) is 6.07 Å². The molecular formula is C35H36F3N3O4S. The fourth-order valence-electron chi connectivity index (χ4n) is 4.90. The van der Waals surface area contributed by atoms with E-state index in [2.05, 4.69) is 5.32 Å². The number of carbonyl (C=O) groups excluding carboxylic acids is 2. The Balaban J connectivity index is 1.82. The summed E-state index contributed by atoms with van der Waals surface area (Å²) in [6.07, 6.45) is -3.98. The first-order chi connectivity index (χ1) is 21.9. The summed E-state index contributed by atoms with van der Waals surface area (Å²) in [5.41, 5.74) is 1.04. The second-order valence-electron chi connectivity index (χ2n) is 10.9. The van der Waals surface area contributed by atoms with Crippen molar-refractivity contribution < 1.29 is 31.2 Å². The molecule has 7 nitrogen and oxygen atoms in total. The fourth-order valence-corrected chi connectivity index (χ4v) is 6.32. The van der Waals surface area contributed by atoms with Crippen LogP contribution in [0.2, 0.25) is 0 Å². The summed E-state index contributed by atoms with van der Waals surface area (Å²) in [5, 5.41) is 2.86. The number of nitrogens with zero attached hydrogens (tertiary/aromatic N) is 2. The van der Waals surface area contributed by atoms with Gasteiger partial charge < -0.3 is 10.2 Å². The molecule has 4 aromatic rings. The van der Waals surface area contributed by atoms with Gasteiger partial charge >= 0.3 is 6.18 Å². The Kier molecular flexibility index (Phi) is 11.2. The van der Waals surface area contributed by atoms with E-state index < -0.39 is 46.2 Å². The third kappa shape index (κ3) is 8.75. The van der Waals surface area contributed by atoms with Crippen molar-refractivity contribution in [1.29, 1.82) is 0 Å². The predicted octanol–water partition coefficient (Wildman–Crippen LogP) is 6.38. The molecule has 11 heteroatoms. The van der Waals surface area contributed by atoms with E-state index in [9.17, 15) is 31.2 Å². The lowest BCUT2D eigenvalue weighted by molar-refractivity contribution is -0.140. The van der Waals surface area contributed by atoms with Crippen LogP contribution < -0.4 is 9.62 Å². The van der Waals surface area contributed by atoms with Gasteiger partial charge in [-0.1, -0.05) is 91.3 Å². The van der Waals surface area contributed by atoms with Gasteiger partial charge in [0.05, 0.1) is 16.1 Å². The second-order valence-corrected chi connectivity index (χ2v) is 12.7. The van der Waals surface area contributed by atoms with Crippen molar-refractivity contribution in [1.82, 2.24) is 10.2 Å². The van der Waals surface area contributed by atoms with E-state index >= 15 is 0 Å². The van der Waals surface area contributed by atoms with E-state index in [1.807, 2.05) is 68.4 Å². The Labute approximate surface area is 267 Å². The maximum Gasteiger partial charge on any atom is 0.416 e. The SMILES string of the molecule is CCCNC(=O)[C@@H](Cc1ccccc1)N(Cc1ccc(C)cc1)C(=O)CN(c1cccc(C(F)(F)F)c1)S(=O)(=O)c1ccccc1. The van der Waals surface area contributed by atoms with Crippen LogP contribution in [0.4, 0.5) is 18.9 Å². The zero-order valence-electron chi connectivity index (χ0n) is 25.6. The molecule has 0 aliphatic carbocycles. The van der Waals surface area contributed by atoms with Crippen LogP contribution in [0.3, 0.4) is 0 Å². The van der Waals surface area contributed by atoms with Crippen molar-refractivity contribution in [3.05, 3.63) is 131 Å². The first-order valence-corrected chi connectivity index (χ1v) is 16.3. The zero-order chi connectivity index (χ0) is 33.3.